The summed E-state index contributed by atoms with van der Waals surface area (Å²) >= 11 is 0. The molecule has 1 rings (SSSR count). The van der Waals surface area contributed by atoms with E-state index in [1.807, 2.05) is 11.8 Å². The fraction of sp³-hybridized carbons (Fsp3) is 0.889. The van der Waals surface area contributed by atoms with Gasteiger partial charge in [0.15, 0.2) is 0 Å². The Hall–Kier alpha value is -0.650. The average molecular weight is 203 g/mol. The minimum absolute atomic E-state index is 0.00368. The maximum Gasteiger partial charge on any atom is 0.304 e. The van der Waals surface area contributed by atoms with E-state index in [9.17, 15) is 4.79 Å². The number of aliphatic hydroxyl groups excluding tert-OH is 1. The molecule has 14 heavy (non-hydrogen) atoms. The summed E-state index contributed by atoms with van der Waals surface area (Å²) in [6.45, 7) is 3.69. The molecule has 0 spiro atoms. The number of ether oxygens (including phenoxy) is 1. The van der Waals surface area contributed by atoms with Gasteiger partial charge in [0.1, 0.15) is 0 Å². The van der Waals surface area contributed by atoms with Crippen LogP contribution in [-0.4, -0.2) is 59.5 Å². The zero-order chi connectivity index (χ0) is 10.6. The molecule has 2 atom stereocenters. The van der Waals surface area contributed by atoms with Crippen LogP contribution in [0.25, 0.3) is 0 Å². The van der Waals surface area contributed by atoms with Crippen LogP contribution in [0.5, 0.6) is 0 Å². The summed E-state index contributed by atoms with van der Waals surface area (Å²) < 4.78 is 5.34. The van der Waals surface area contributed by atoms with Gasteiger partial charge in [0.05, 0.1) is 25.7 Å². The maximum atomic E-state index is 10.4. The number of hydrogen-bond acceptors (Lipinski definition) is 4. The first-order chi connectivity index (χ1) is 6.63. The lowest BCUT2D eigenvalue weighted by molar-refractivity contribution is -0.138. The van der Waals surface area contributed by atoms with E-state index in [2.05, 4.69) is 0 Å². The summed E-state index contributed by atoms with van der Waals surface area (Å²) in [4.78, 5) is 12.4. The predicted octanol–water partition coefficient (Wildman–Crippen LogP) is -0.457. The van der Waals surface area contributed by atoms with E-state index in [-0.39, 0.29) is 25.2 Å². The Balaban J connectivity index is 2.36. The third-order valence-electron chi connectivity index (χ3n) is 2.45. The molecule has 1 saturated heterocycles. The smallest absolute Gasteiger partial charge is 0.304 e. The van der Waals surface area contributed by atoms with Gasteiger partial charge in [-0.05, 0) is 6.92 Å². The van der Waals surface area contributed by atoms with E-state index in [1.165, 1.54) is 0 Å². The van der Waals surface area contributed by atoms with Gasteiger partial charge in [0, 0.05) is 19.1 Å². The first-order valence-electron chi connectivity index (χ1n) is 4.81. The quantitative estimate of drug-likeness (QED) is 0.647. The van der Waals surface area contributed by atoms with Gasteiger partial charge in [0.2, 0.25) is 0 Å². The largest absolute Gasteiger partial charge is 0.481 e. The molecule has 0 radical (unpaired) electrons. The van der Waals surface area contributed by atoms with Crippen molar-refractivity contribution >= 4 is 5.97 Å². The van der Waals surface area contributed by atoms with Gasteiger partial charge in [-0.1, -0.05) is 0 Å². The second kappa shape index (κ2) is 5.29. The van der Waals surface area contributed by atoms with Crippen molar-refractivity contribution in [1.82, 2.24) is 4.90 Å². The second-order valence-corrected chi connectivity index (χ2v) is 3.63. The summed E-state index contributed by atoms with van der Waals surface area (Å²) in [5.41, 5.74) is 0. The Kier molecular flexibility index (Phi) is 4.31. The van der Waals surface area contributed by atoms with Crippen LogP contribution in [0.3, 0.4) is 0 Å². The van der Waals surface area contributed by atoms with Crippen molar-refractivity contribution in [3.05, 3.63) is 0 Å². The van der Waals surface area contributed by atoms with Crippen molar-refractivity contribution in [2.24, 2.45) is 0 Å². The monoisotopic (exact) mass is 203 g/mol. The number of aliphatic hydroxyl groups is 1. The standard InChI is InChI=1S/C9H17NO4/c1-7-6-14-8(5-11)4-10(7)3-2-9(12)13/h7-8,11H,2-6H2,1H3,(H,12,13). The summed E-state index contributed by atoms with van der Waals surface area (Å²) in [7, 11) is 0. The first kappa shape index (κ1) is 11.4. The molecule has 0 aromatic carbocycles. The number of aliphatic carboxylic acids is 1. The zero-order valence-electron chi connectivity index (χ0n) is 8.35. The average Bonchev–Trinajstić information content (AvgIpc) is 2.16. The molecular formula is C9H17NO4. The highest BCUT2D eigenvalue weighted by Crippen LogP contribution is 2.11. The molecular weight excluding hydrogens is 186 g/mol. The molecule has 82 valence electrons. The Morgan fingerprint density at radius 3 is 2.93 bits per heavy atom. The van der Waals surface area contributed by atoms with Crippen LogP contribution in [-0.2, 0) is 9.53 Å². The summed E-state index contributed by atoms with van der Waals surface area (Å²) in [6.07, 6.45) is -0.0253. The van der Waals surface area contributed by atoms with Crippen molar-refractivity contribution in [1.29, 1.82) is 0 Å². The Morgan fingerprint density at radius 1 is 1.64 bits per heavy atom. The van der Waals surface area contributed by atoms with Crippen LogP contribution in [0.2, 0.25) is 0 Å². The lowest BCUT2D eigenvalue weighted by atomic mass is 10.2. The molecule has 1 fully saturated rings. The van der Waals surface area contributed by atoms with Crippen molar-refractivity contribution < 1.29 is 19.7 Å². The lowest BCUT2D eigenvalue weighted by Crippen LogP contribution is -2.49. The number of hydrogen-bond donors (Lipinski definition) is 2. The van der Waals surface area contributed by atoms with Crippen LogP contribution < -0.4 is 0 Å². The van der Waals surface area contributed by atoms with Gasteiger partial charge in [-0.25, -0.2) is 0 Å². The Morgan fingerprint density at radius 2 is 2.36 bits per heavy atom. The molecule has 5 heteroatoms. The number of morpholine rings is 1. The van der Waals surface area contributed by atoms with E-state index in [0.29, 0.717) is 19.7 Å². The van der Waals surface area contributed by atoms with E-state index >= 15 is 0 Å². The van der Waals surface area contributed by atoms with Gasteiger partial charge in [-0.2, -0.15) is 0 Å². The highest BCUT2D eigenvalue weighted by atomic mass is 16.5. The minimum atomic E-state index is -0.788. The van der Waals surface area contributed by atoms with Crippen LogP contribution in [0.15, 0.2) is 0 Å². The van der Waals surface area contributed by atoms with Gasteiger partial charge in [0.25, 0.3) is 0 Å². The summed E-state index contributed by atoms with van der Waals surface area (Å²) in [5.74, 6) is -0.788. The molecule has 0 amide bonds. The SMILES string of the molecule is CC1COC(CO)CN1CCC(=O)O. The van der Waals surface area contributed by atoms with Crippen molar-refractivity contribution in [3.8, 4) is 0 Å². The van der Waals surface area contributed by atoms with Crippen molar-refractivity contribution in [2.45, 2.75) is 25.5 Å². The van der Waals surface area contributed by atoms with E-state index in [4.69, 9.17) is 14.9 Å². The fourth-order valence-electron chi connectivity index (χ4n) is 1.54. The molecule has 1 aliphatic rings. The zero-order valence-corrected chi connectivity index (χ0v) is 8.35. The Labute approximate surface area is 83.3 Å². The van der Waals surface area contributed by atoms with Crippen molar-refractivity contribution in [2.75, 3.05) is 26.3 Å². The molecule has 1 heterocycles. The number of rotatable bonds is 4. The molecule has 2 unspecified atom stereocenters. The summed E-state index contributed by atoms with van der Waals surface area (Å²) in [6, 6.07) is 0.233. The molecule has 0 aliphatic carbocycles. The van der Waals surface area contributed by atoms with E-state index in [1.54, 1.807) is 0 Å². The van der Waals surface area contributed by atoms with E-state index < -0.39 is 5.97 Å². The van der Waals surface area contributed by atoms with Gasteiger partial charge >= 0.3 is 5.97 Å². The molecule has 0 saturated carbocycles. The third-order valence-corrected chi connectivity index (χ3v) is 2.45. The third kappa shape index (κ3) is 3.25. The van der Waals surface area contributed by atoms with Gasteiger partial charge in [-0.15, -0.1) is 0 Å². The number of carboxylic acid groups (broad SMARTS) is 1. The molecule has 2 N–H and O–H groups in total. The summed E-state index contributed by atoms with van der Waals surface area (Å²) in [5, 5.41) is 17.5. The molecule has 0 aromatic rings. The molecule has 1 aliphatic heterocycles. The fourth-order valence-corrected chi connectivity index (χ4v) is 1.54. The second-order valence-electron chi connectivity index (χ2n) is 3.63. The van der Waals surface area contributed by atoms with Gasteiger partial charge in [-0.3, -0.25) is 9.69 Å². The predicted molar refractivity (Wildman–Crippen MR) is 50.1 cm³/mol. The highest BCUT2D eigenvalue weighted by molar-refractivity contribution is 5.66. The van der Waals surface area contributed by atoms with E-state index in [0.717, 1.165) is 0 Å². The number of carboxylic acids is 1. The Bertz CT molecular complexity index is 197. The molecule has 5 nitrogen and oxygen atoms in total. The van der Waals surface area contributed by atoms with Crippen LogP contribution in [0.4, 0.5) is 0 Å². The number of nitrogens with zero attached hydrogens (tertiary/aromatic N) is 1. The lowest BCUT2D eigenvalue weighted by Gasteiger charge is -2.37. The van der Waals surface area contributed by atoms with Crippen LogP contribution >= 0.6 is 0 Å². The molecule has 0 bridgehead atoms. The topological polar surface area (TPSA) is 70.0 Å². The van der Waals surface area contributed by atoms with Gasteiger partial charge < -0.3 is 14.9 Å². The van der Waals surface area contributed by atoms with Crippen LogP contribution in [0.1, 0.15) is 13.3 Å². The number of carbonyl (C=O) groups is 1. The first-order valence-corrected chi connectivity index (χ1v) is 4.81. The minimum Gasteiger partial charge on any atom is -0.481 e. The normalized spacial score (nSPS) is 29.0. The highest BCUT2D eigenvalue weighted by Gasteiger charge is 2.25. The maximum absolute atomic E-state index is 10.4. The van der Waals surface area contributed by atoms with Crippen molar-refractivity contribution in [3.63, 3.8) is 0 Å². The molecule has 0 aromatic heterocycles. The van der Waals surface area contributed by atoms with Crippen LogP contribution in [0, 0.1) is 0 Å².